The molecule has 0 amide bonds. The van der Waals surface area contributed by atoms with Crippen LogP contribution in [-0.2, 0) is 6.18 Å². The summed E-state index contributed by atoms with van der Waals surface area (Å²) in [6.07, 6.45) is -4.45. The highest BCUT2D eigenvalue weighted by molar-refractivity contribution is 7.80. The lowest BCUT2D eigenvalue weighted by Crippen LogP contribution is -2.14. The summed E-state index contributed by atoms with van der Waals surface area (Å²) < 4.78 is 42.0. The first-order valence-electron chi connectivity index (χ1n) is 5.36. The van der Waals surface area contributed by atoms with E-state index >= 15 is 0 Å². The van der Waals surface area contributed by atoms with Crippen LogP contribution in [0.25, 0.3) is 0 Å². The Bertz CT molecular complexity index is 651. The molecule has 1 aromatic carbocycles. The van der Waals surface area contributed by atoms with E-state index in [2.05, 4.69) is 14.7 Å². The smallest absolute Gasteiger partial charge is 0.389 e. The standard InChI is InChI=1S/C11H9F3N4S2/c1-5-16-10(20-18-5)17-8-3-2-6(11(12,13)14)4-7(8)9(15)19/h2-4H,1H3,(H2,15,19)(H,16,17,18). The Morgan fingerprint density at radius 1 is 1.40 bits per heavy atom. The van der Waals surface area contributed by atoms with Gasteiger partial charge in [-0.25, -0.2) is 4.98 Å². The second-order valence-electron chi connectivity index (χ2n) is 3.89. The molecule has 106 valence electrons. The van der Waals surface area contributed by atoms with Gasteiger partial charge in [-0.3, -0.25) is 0 Å². The summed E-state index contributed by atoms with van der Waals surface area (Å²) in [5.74, 6) is 0.571. The SMILES string of the molecule is Cc1nsc(Nc2ccc(C(F)(F)F)cc2C(N)=S)n1. The van der Waals surface area contributed by atoms with Crippen LogP contribution < -0.4 is 11.1 Å². The molecule has 0 atom stereocenters. The zero-order valence-electron chi connectivity index (χ0n) is 10.2. The van der Waals surface area contributed by atoms with Gasteiger partial charge in [0.2, 0.25) is 5.13 Å². The third kappa shape index (κ3) is 3.23. The predicted molar refractivity (Wildman–Crippen MR) is 75.3 cm³/mol. The van der Waals surface area contributed by atoms with E-state index < -0.39 is 11.7 Å². The van der Waals surface area contributed by atoms with Crippen LogP contribution in [0.2, 0.25) is 0 Å². The van der Waals surface area contributed by atoms with Crippen molar-refractivity contribution in [3.8, 4) is 0 Å². The number of hydrogen-bond donors (Lipinski definition) is 2. The molecule has 0 aliphatic rings. The summed E-state index contributed by atoms with van der Waals surface area (Å²) in [5.41, 5.74) is 5.15. The zero-order valence-corrected chi connectivity index (χ0v) is 11.8. The van der Waals surface area contributed by atoms with E-state index in [1.807, 2.05) is 0 Å². The minimum Gasteiger partial charge on any atom is -0.389 e. The van der Waals surface area contributed by atoms with Crippen LogP contribution >= 0.6 is 23.8 Å². The van der Waals surface area contributed by atoms with Gasteiger partial charge in [0.05, 0.1) is 11.3 Å². The highest BCUT2D eigenvalue weighted by Gasteiger charge is 2.31. The van der Waals surface area contributed by atoms with Crippen molar-refractivity contribution in [1.29, 1.82) is 0 Å². The quantitative estimate of drug-likeness (QED) is 0.851. The number of nitrogens with zero attached hydrogens (tertiary/aromatic N) is 2. The maximum Gasteiger partial charge on any atom is 0.416 e. The van der Waals surface area contributed by atoms with Gasteiger partial charge in [0.15, 0.2) is 0 Å². The molecule has 0 saturated carbocycles. The van der Waals surface area contributed by atoms with Crippen molar-refractivity contribution in [1.82, 2.24) is 9.36 Å². The Labute approximate surface area is 122 Å². The van der Waals surface area contributed by atoms with Gasteiger partial charge in [0.1, 0.15) is 10.8 Å². The number of anilines is 2. The summed E-state index contributed by atoms with van der Waals surface area (Å²) in [6.45, 7) is 1.71. The third-order valence-corrected chi connectivity index (χ3v) is 3.32. The summed E-state index contributed by atoms with van der Waals surface area (Å²) in [6, 6.07) is 3.14. The molecular weight excluding hydrogens is 309 g/mol. The number of benzene rings is 1. The van der Waals surface area contributed by atoms with Crippen LogP contribution in [0.3, 0.4) is 0 Å². The van der Waals surface area contributed by atoms with Gasteiger partial charge in [0.25, 0.3) is 0 Å². The van der Waals surface area contributed by atoms with Crippen molar-refractivity contribution < 1.29 is 13.2 Å². The lowest BCUT2D eigenvalue weighted by Gasteiger charge is -2.12. The summed E-state index contributed by atoms with van der Waals surface area (Å²) in [7, 11) is 0. The van der Waals surface area contributed by atoms with E-state index in [9.17, 15) is 13.2 Å². The number of hydrogen-bond acceptors (Lipinski definition) is 5. The van der Waals surface area contributed by atoms with Gasteiger partial charge >= 0.3 is 6.18 Å². The van der Waals surface area contributed by atoms with Gasteiger partial charge in [-0.05, 0) is 25.1 Å². The largest absolute Gasteiger partial charge is 0.416 e. The normalized spacial score (nSPS) is 11.4. The molecule has 0 radical (unpaired) electrons. The average molecular weight is 318 g/mol. The van der Waals surface area contributed by atoms with E-state index in [-0.39, 0.29) is 10.6 Å². The molecule has 0 saturated heterocycles. The first kappa shape index (κ1) is 14.7. The van der Waals surface area contributed by atoms with Crippen LogP contribution in [0.1, 0.15) is 17.0 Å². The molecule has 1 aromatic heterocycles. The number of alkyl halides is 3. The number of nitrogens with one attached hydrogen (secondary N) is 1. The minimum atomic E-state index is -4.45. The molecule has 0 spiro atoms. The number of aromatic nitrogens is 2. The molecule has 9 heteroatoms. The zero-order chi connectivity index (χ0) is 14.9. The van der Waals surface area contributed by atoms with E-state index in [1.165, 1.54) is 6.07 Å². The fourth-order valence-corrected chi connectivity index (χ4v) is 2.25. The summed E-state index contributed by atoms with van der Waals surface area (Å²) >= 11 is 5.89. The third-order valence-electron chi connectivity index (χ3n) is 2.38. The first-order chi connectivity index (χ1) is 9.27. The minimum absolute atomic E-state index is 0.114. The predicted octanol–water partition coefficient (Wildman–Crippen LogP) is 3.24. The van der Waals surface area contributed by atoms with Gasteiger partial charge < -0.3 is 11.1 Å². The Hall–Kier alpha value is -1.74. The molecule has 4 nitrogen and oxygen atoms in total. The van der Waals surface area contributed by atoms with Crippen molar-refractivity contribution in [3.05, 3.63) is 35.2 Å². The van der Waals surface area contributed by atoms with E-state index in [0.717, 1.165) is 23.7 Å². The fourth-order valence-electron chi connectivity index (χ4n) is 1.50. The maximum atomic E-state index is 12.7. The van der Waals surface area contributed by atoms with Crippen molar-refractivity contribution in [3.63, 3.8) is 0 Å². The van der Waals surface area contributed by atoms with Crippen LogP contribution in [0.15, 0.2) is 18.2 Å². The number of thiocarbonyl (C=S) groups is 1. The van der Waals surface area contributed by atoms with Gasteiger partial charge in [0, 0.05) is 17.1 Å². The highest BCUT2D eigenvalue weighted by atomic mass is 32.1. The van der Waals surface area contributed by atoms with Crippen molar-refractivity contribution >= 4 is 39.6 Å². The molecule has 0 fully saturated rings. The molecule has 0 unspecified atom stereocenters. The second-order valence-corrected chi connectivity index (χ2v) is 5.09. The van der Waals surface area contributed by atoms with E-state index in [0.29, 0.717) is 16.6 Å². The average Bonchev–Trinajstić information content (AvgIpc) is 2.73. The number of aryl methyl sites for hydroxylation is 1. The number of nitrogens with two attached hydrogens (primary N) is 1. The van der Waals surface area contributed by atoms with E-state index in [4.69, 9.17) is 18.0 Å². The lowest BCUT2D eigenvalue weighted by atomic mass is 10.1. The molecular formula is C11H9F3N4S2. The van der Waals surface area contributed by atoms with Gasteiger partial charge in [-0.1, -0.05) is 12.2 Å². The maximum absolute atomic E-state index is 12.7. The topological polar surface area (TPSA) is 63.8 Å². The monoisotopic (exact) mass is 318 g/mol. The molecule has 20 heavy (non-hydrogen) atoms. The Morgan fingerprint density at radius 3 is 2.60 bits per heavy atom. The fraction of sp³-hybridized carbons (Fsp3) is 0.182. The van der Waals surface area contributed by atoms with Crippen molar-refractivity contribution in [2.24, 2.45) is 5.73 Å². The molecule has 3 N–H and O–H groups in total. The summed E-state index contributed by atoms with van der Waals surface area (Å²) in [4.78, 5) is 3.94. The van der Waals surface area contributed by atoms with Crippen LogP contribution in [0, 0.1) is 6.92 Å². The highest BCUT2D eigenvalue weighted by Crippen LogP contribution is 2.32. The lowest BCUT2D eigenvalue weighted by molar-refractivity contribution is -0.137. The Morgan fingerprint density at radius 2 is 2.10 bits per heavy atom. The van der Waals surface area contributed by atoms with Crippen LogP contribution in [0.5, 0.6) is 0 Å². The van der Waals surface area contributed by atoms with E-state index in [1.54, 1.807) is 6.92 Å². The molecule has 1 heterocycles. The van der Waals surface area contributed by atoms with Crippen LogP contribution in [-0.4, -0.2) is 14.3 Å². The molecule has 2 aromatic rings. The first-order valence-corrected chi connectivity index (χ1v) is 6.54. The number of halogens is 3. The van der Waals surface area contributed by atoms with Crippen molar-refractivity contribution in [2.75, 3.05) is 5.32 Å². The van der Waals surface area contributed by atoms with Gasteiger partial charge in [-0.2, -0.15) is 17.5 Å². The Balaban J connectivity index is 2.40. The molecule has 2 rings (SSSR count). The molecule has 0 aliphatic carbocycles. The Kier molecular flexibility index (Phi) is 3.91. The molecule has 0 bridgehead atoms. The van der Waals surface area contributed by atoms with Crippen LogP contribution in [0.4, 0.5) is 24.0 Å². The van der Waals surface area contributed by atoms with Gasteiger partial charge in [-0.15, -0.1) is 0 Å². The molecule has 0 aliphatic heterocycles. The van der Waals surface area contributed by atoms with Crippen molar-refractivity contribution in [2.45, 2.75) is 13.1 Å². The number of rotatable bonds is 3. The second kappa shape index (κ2) is 5.33. The summed E-state index contributed by atoms with van der Waals surface area (Å²) in [5, 5.41) is 3.32.